The molecule has 146 valence electrons. The van der Waals surface area contributed by atoms with E-state index in [1.54, 1.807) is 35.1 Å². The molecule has 0 spiro atoms. The van der Waals surface area contributed by atoms with Crippen molar-refractivity contribution in [2.45, 2.75) is 25.3 Å². The zero-order valence-electron chi connectivity index (χ0n) is 15.1. The fourth-order valence-electron chi connectivity index (χ4n) is 3.47. The molecule has 8 heteroatoms. The van der Waals surface area contributed by atoms with E-state index in [9.17, 15) is 4.79 Å². The summed E-state index contributed by atoms with van der Waals surface area (Å²) in [6.45, 7) is 0.255. The zero-order chi connectivity index (χ0) is 20.1. The topological polar surface area (TPSA) is 52.7 Å². The number of hydrogen-bond acceptors (Lipinski definition) is 3. The summed E-state index contributed by atoms with van der Waals surface area (Å²) in [6, 6.07) is 12.5. The molecular weight excluding hydrogens is 431 g/mol. The molecule has 0 radical (unpaired) electrons. The molecule has 0 N–H and O–H groups in total. The molecule has 0 atom stereocenters. The molecule has 4 aromatic rings. The SMILES string of the molecule is O=c1c2c(cnn2-c2cccc(Cl)c2)c(C2CC2)nn1Cc1ccc(Cl)cc1Cl. The van der Waals surface area contributed by atoms with E-state index in [1.165, 1.54) is 4.68 Å². The number of rotatable bonds is 4. The van der Waals surface area contributed by atoms with Gasteiger partial charge >= 0.3 is 0 Å². The van der Waals surface area contributed by atoms with Crippen LogP contribution in [-0.4, -0.2) is 19.6 Å². The number of nitrogens with zero attached hydrogens (tertiary/aromatic N) is 4. The Labute approximate surface area is 181 Å². The van der Waals surface area contributed by atoms with E-state index in [0.717, 1.165) is 35.2 Å². The largest absolute Gasteiger partial charge is 0.293 e. The smallest absolute Gasteiger partial charge is 0.265 e. The van der Waals surface area contributed by atoms with E-state index < -0.39 is 0 Å². The Bertz CT molecular complexity index is 1310. The van der Waals surface area contributed by atoms with Gasteiger partial charge in [-0.05, 0) is 48.7 Å². The second-order valence-electron chi connectivity index (χ2n) is 7.16. The molecule has 2 aromatic carbocycles. The Morgan fingerprint density at radius 2 is 1.83 bits per heavy atom. The molecule has 5 rings (SSSR count). The molecule has 29 heavy (non-hydrogen) atoms. The molecule has 0 unspecified atom stereocenters. The highest BCUT2D eigenvalue weighted by Crippen LogP contribution is 2.41. The second-order valence-corrected chi connectivity index (χ2v) is 8.44. The van der Waals surface area contributed by atoms with Crippen LogP contribution in [0, 0.1) is 0 Å². The molecule has 0 saturated heterocycles. The number of aromatic nitrogens is 4. The molecule has 1 aliphatic rings. The van der Waals surface area contributed by atoms with E-state index in [1.807, 2.05) is 18.2 Å². The first-order valence-corrected chi connectivity index (χ1v) is 10.3. The highest BCUT2D eigenvalue weighted by atomic mass is 35.5. The maximum atomic E-state index is 13.4. The molecular formula is C21H15Cl3N4O. The lowest BCUT2D eigenvalue weighted by Gasteiger charge is -2.11. The average Bonchev–Trinajstić information content (AvgIpc) is 3.43. The first kappa shape index (κ1) is 18.7. The number of halogens is 3. The van der Waals surface area contributed by atoms with E-state index in [4.69, 9.17) is 34.8 Å². The van der Waals surface area contributed by atoms with Crippen molar-refractivity contribution in [2.24, 2.45) is 0 Å². The van der Waals surface area contributed by atoms with Crippen molar-refractivity contribution in [2.75, 3.05) is 0 Å². The van der Waals surface area contributed by atoms with Gasteiger partial charge in [0.1, 0.15) is 5.52 Å². The molecule has 1 aliphatic carbocycles. The predicted octanol–water partition coefficient (Wildman–Crippen LogP) is 5.47. The van der Waals surface area contributed by atoms with E-state index in [2.05, 4.69) is 10.2 Å². The minimum atomic E-state index is -0.229. The number of benzene rings is 2. The Morgan fingerprint density at radius 3 is 2.55 bits per heavy atom. The van der Waals surface area contributed by atoms with Gasteiger partial charge in [-0.3, -0.25) is 4.79 Å². The molecule has 5 nitrogen and oxygen atoms in total. The summed E-state index contributed by atoms with van der Waals surface area (Å²) in [5.41, 5.74) is 2.68. The van der Waals surface area contributed by atoms with Crippen LogP contribution in [0.25, 0.3) is 16.6 Å². The van der Waals surface area contributed by atoms with Crippen LogP contribution < -0.4 is 5.56 Å². The third-order valence-corrected chi connectivity index (χ3v) is 5.88. The fourth-order valence-corrected chi connectivity index (χ4v) is 4.13. The first-order valence-electron chi connectivity index (χ1n) is 9.20. The summed E-state index contributed by atoms with van der Waals surface area (Å²) in [6.07, 6.45) is 3.84. The van der Waals surface area contributed by atoms with Gasteiger partial charge in [0.25, 0.3) is 5.56 Å². The molecule has 2 heterocycles. The van der Waals surface area contributed by atoms with Gasteiger partial charge in [-0.15, -0.1) is 0 Å². The van der Waals surface area contributed by atoms with Crippen molar-refractivity contribution < 1.29 is 0 Å². The van der Waals surface area contributed by atoms with Gasteiger partial charge in [-0.25, -0.2) is 9.36 Å². The summed E-state index contributed by atoms with van der Waals surface area (Å²) >= 11 is 18.5. The molecule has 0 amide bonds. The maximum Gasteiger partial charge on any atom is 0.293 e. The van der Waals surface area contributed by atoms with Crippen LogP contribution in [-0.2, 0) is 6.54 Å². The Morgan fingerprint density at radius 1 is 1.03 bits per heavy atom. The van der Waals surface area contributed by atoms with Crippen LogP contribution in [0.2, 0.25) is 15.1 Å². The van der Waals surface area contributed by atoms with Crippen molar-refractivity contribution in [3.8, 4) is 5.69 Å². The Kier molecular flexibility index (Phi) is 4.62. The van der Waals surface area contributed by atoms with Crippen LogP contribution >= 0.6 is 34.8 Å². The lowest BCUT2D eigenvalue weighted by molar-refractivity contribution is 0.626. The lowest BCUT2D eigenvalue weighted by Crippen LogP contribution is -2.26. The number of fused-ring (bicyclic) bond motifs is 1. The van der Waals surface area contributed by atoms with Gasteiger partial charge in [0.15, 0.2) is 0 Å². The highest BCUT2D eigenvalue weighted by molar-refractivity contribution is 6.35. The van der Waals surface area contributed by atoms with Gasteiger partial charge in [-0.2, -0.15) is 10.2 Å². The molecule has 1 fully saturated rings. The van der Waals surface area contributed by atoms with Crippen molar-refractivity contribution in [3.05, 3.63) is 85.3 Å². The first-order chi connectivity index (χ1) is 14.0. The van der Waals surface area contributed by atoms with Gasteiger partial charge in [-0.1, -0.05) is 46.9 Å². The standard InChI is InChI=1S/C21H15Cl3N4O/c22-14-2-1-3-16(8-14)28-20-17(10-25-28)19(12-4-5-12)26-27(21(20)29)11-13-6-7-15(23)9-18(13)24/h1-3,6-10,12H,4-5,11H2. The predicted molar refractivity (Wildman–Crippen MR) is 116 cm³/mol. The van der Waals surface area contributed by atoms with Crippen molar-refractivity contribution in [3.63, 3.8) is 0 Å². The molecule has 1 saturated carbocycles. The monoisotopic (exact) mass is 444 g/mol. The van der Waals surface area contributed by atoms with Crippen LogP contribution in [0.15, 0.2) is 53.5 Å². The third kappa shape index (κ3) is 3.44. The van der Waals surface area contributed by atoms with Crippen molar-refractivity contribution in [1.82, 2.24) is 19.6 Å². The average molecular weight is 446 g/mol. The van der Waals surface area contributed by atoms with Crippen LogP contribution in [0.4, 0.5) is 0 Å². The molecule has 0 bridgehead atoms. The van der Waals surface area contributed by atoms with Crippen LogP contribution in [0.5, 0.6) is 0 Å². The van der Waals surface area contributed by atoms with E-state index in [-0.39, 0.29) is 12.1 Å². The fraction of sp³-hybridized carbons (Fsp3) is 0.190. The normalized spacial score (nSPS) is 13.9. The van der Waals surface area contributed by atoms with E-state index in [0.29, 0.717) is 26.5 Å². The second kappa shape index (κ2) is 7.17. The van der Waals surface area contributed by atoms with Gasteiger partial charge in [0, 0.05) is 26.4 Å². The van der Waals surface area contributed by atoms with Crippen LogP contribution in [0.1, 0.15) is 30.0 Å². The summed E-state index contributed by atoms with van der Waals surface area (Å²) in [7, 11) is 0. The van der Waals surface area contributed by atoms with E-state index >= 15 is 0 Å². The zero-order valence-corrected chi connectivity index (χ0v) is 17.4. The lowest BCUT2D eigenvalue weighted by atomic mass is 10.2. The minimum Gasteiger partial charge on any atom is -0.265 e. The van der Waals surface area contributed by atoms with Gasteiger partial charge in [0.05, 0.1) is 24.1 Å². The highest BCUT2D eigenvalue weighted by Gasteiger charge is 2.30. The maximum absolute atomic E-state index is 13.4. The summed E-state index contributed by atoms with van der Waals surface area (Å²) < 4.78 is 3.10. The quantitative estimate of drug-likeness (QED) is 0.419. The summed E-state index contributed by atoms with van der Waals surface area (Å²) in [4.78, 5) is 13.4. The van der Waals surface area contributed by atoms with Crippen molar-refractivity contribution in [1.29, 1.82) is 0 Å². The summed E-state index contributed by atoms with van der Waals surface area (Å²) in [5.74, 6) is 0.349. The Hall–Kier alpha value is -2.34. The van der Waals surface area contributed by atoms with Gasteiger partial charge < -0.3 is 0 Å². The number of hydrogen-bond donors (Lipinski definition) is 0. The molecule has 0 aliphatic heterocycles. The minimum absolute atomic E-state index is 0.229. The molecule has 2 aromatic heterocycles. The van der Waals surface area contributed by atoms with Crippen LogP contribution in [0.3, 0.4) is 0 Å². The van der Waals surface area contributed by atoms with Crippen molar-refractivity contribution >= 4 is 45.7 Å². The van der Waals surface area contributed by atoms with Gasteiger partial charge in [0.2, 0.25) is 0 Å². The third-order valence-electron chi connectivity index (χ3n) is 5.06. The summed E-state index contributed by atoms with van der Waals surface area (Å²) in [5, 5.41) is 11.6. The Balaban J connectivity index is 1.71.